The summed E-state index contributed by atoms with van der Waals surface area (Å²) in [5.74, 6) is 0. The Morgan fingerprint density at radius 1 is 1.50 bits per heavy atom. The van der Waals surface area contributed by atoms with Crippen molar-refractivity contribution in [1.29, 1.82) is 5.26 Å². The van der Waals surface area contributed by atoms with Crippen molar-refractivity contribution in [3.63, 3.8) is 0 Å². The van der Waals surface area contributed by atoms with Gasteiger partial charge in [0, 0.05) is 4.88 Å². The van der Waals surface area contributed by atoms with E-state index in [1.807, 2.05) is 0 Å². The fourth-order valence-corrected chi connectivity index (χ4v) is 2.97. The summed E-state index contributed by atoms with van der Waals surface area (Å²) in [6.45, 7) is 4.25. The lowest BCUT2D eigenvalue weighted by molar-refractivity contribution is 0.297. The Morgan fingerprint density at radius 3 is 2.71 bits per heavy atom. The number of hydrogen-bond acceptors (Lipinski definition) is 3. The van der Waals surface area contributed by atoms with Gasteiger partial charge in [0.05, 0.1) is 6.07 Å². The van der Waals surface area contributed by atoms with Crippen LogP contribution < -0.4 is 0 Å². The second-order valence-electron chi connectivity index (χ2n) is 3.74. The van der Waals surface area contributed by atoms with E-state index in [0.717, 1.165) is 13.1 Å². The van der Waals surface area contributed by atoms with E-state index in [2.05, 4.69) is 29.3 Å². The highest BCUT2D eigenvalue weighted by Crippen LogP contribution is 2.30. The number of nitriles is 1. The lowest BCUT2D eigenvalue weighted by Crippen LogP contribution is -2.24. The number of likely N-dealkylation sites (tertiary alicyclic amines) is 1. The standard InChI is InChI=1S/C11H14N2S/c1-9-4-7-14-11(9)10(8-12)13-5-2-3-6-13/h4,7,10H,2-3,5-6H2,1H3. The van der Waals surface area contributed by atoms with Crippen LogP contribution in [0.15, 0.2) is 11.4 Å². The van der Waals surface area contributed by atoms with Gasteiger partial charge in [-0.15, -0.1) is 11.3 Å². The maximum absolute atomic E-state index is 9.20. The van der Waals surface area contributed by atoms with Crippen molar-refractivity contribution in [3.8, 4) is 6.07 Å². The van der Waals surface area contributed by atoms with Gasteiger partial charge in [0.1, 0.15) is 6.04 Å². The number of hydrogen-bond donors (Lipinski definition) is 0. The molecule has 0 bridgehead atoms. The summed E-state index contributed by atoms with van der Waals surface area (Å²) in [7, 11) is 0. The molecule has 74 valence electrons. The largest absolute Gasteiger partial charge is 0.284 e. The van der Waals surface area contributed by atoms with Crippen LogP contribution >= 0.6 is 11.3 Å². The van der Waals surface area contributed by atoms with E-state index in [1.54, 1.807) is 11.3 Å². The third-order valence-corrected chi connectivity index (χ3v) is 3.85. The van der Waals surface area contributed by atoms with Gasteiger partial charge in [-0.25, -0.2) is 0 Å². The Morgan fingerprint density at radius 2 is 2.21 bits per heavy atom. The second kappa shape index (κ2) is 4.12. The molecule has 0 aromatic carbocycles. The Kier molecular flexibility index (Phi) is 2.85. The average molecular weight is 206 g/mol. The summed E-state index contributed by atoms with van der Waals surface area (Å²) < 4.78 is 0. The molecule has 1 aliphatic heterocycles. The molecule has 1 atom stereocenters. The predicted octanol–water partition coefficient (Wildman–Crippen LogP) is 2.72. The molecule has 1 aromatic rings. The van der Waals surface area contributed by atoms with E-state index in [0.29, 0.717) is 0 Å². The fraction of sp³-hybridized carbons (Fsp3) is 0.545. The molecule has 2 nitrogen and oxygen atoms in total. The van der Waals surface area contributed by atoms with Crippen LogP contribution in [-0.4, -0.2) is 18.0 Å². The smallest absolute Gasteiger partial charge is 0.133 e. The topological polar surface area (TPSA) is 27.0 Å². The van der Waals surface area contributed by atoms with E-state index >= 15 is 0 Å². The van der Waals surface area contributed by atoms with E-state index in [-0.39, 0.29) is 6.04 Å². The predicted molar refractivity (Wildman–Crippen MR) is 58.2 cm³/mol. The zero-order valence-electron chi connectivity index (χ0n) is 8.36. The van der Waals surface area contributed by atoms with E-state index in [4.69, 9.17) is 0 Å². The van der Waals surface area contributed by atoms with E-state index < -0.39 is 0 Å². The monoisotopic (exact) mass is 206 g/mol. The highest BCUT2D eigenvalue weighted by molar-refractivity contribution is 7.10. The summed E-state index contributed by atoms with van der Waals surface area (Å²) >= 11 is 1.70. The average Bonchev–Trinajstić information content (AvgIpc) is 2.80. The van der Waals surface area contributed by atoms with E-state index in [1.165, 1.54) is 23.3 Å². The molecule has 0 amide bonds. The van der Waals surface area contributed by atoms with Gasteiger partial charge in [-0.05, 0) is 49.9 Å². The van der Waals surface area contributed by atoms with Gasteiger partial charge in [0.15, 0.2) is 0 Å². The van der Waals surface area contributed by atoms with Gasteiger partial charge in [-0.2, -0.15) is 5.26 Å². The lowest BCUT2D eigenvalue weighted by atomic mass is 10.1. The van der Waals surface area contributed by atoms with Crippen LogP contribution in [0.25, 0.3) is 0 Å². The SMILES string of the molecule is Cc1ccsc1C(C#N)N1CCCC1. The molecule has 1 fully saturated rings. The summed E-state index contributed by atoms with van der Waals surface area (Å²) in [5, 5.41) is 11.3. The summed E-state index contributed by atoms with van der Waals surface area (Å²) in [5.41, 5.74) is 1.26. The van der Waals surface area contributed by atoms with Crippen molar-refractivity contribution in [1.82, 2.24) is 4.90 Å². The first-order chi connectivity index (χ1) is 6.83. The van der Waals surface area contributed by atoms with Crippen molar-refractivity contribution in [3.05, 3.63) is 21.9 Å². The first kappa shape index (κ1) is 9.70. The third-order valence-electron chi connectivity index (χ3n) is 2.78. The van der Waals surface area contributed by atoms with Gasteiger partial charge in [0.25, 0.3) is 0 Å². The van der Waals surface area contributed by atoms with Gasteiger partial charge < -0.3 is 0 Å². The van der Waals surface area contributed by atoms with Crippen LogP contribution in [0, 0.1) is 18.3 Å². The quantitative estimate of drug-likeness (QED) is 0.744. The minimum Gasteiger partial charge on any atom is -0.284 e. The first-order valence-corrected chi connectivity index (χ1v) is 5.88. The van der Waals surface area contributed by atoms with Crippen LogP contribution in [0.5, 0.6) is 0 Å². The van der Waals surface area contributed by atoms with Crippen LogP contribution in [0.3, 0.4) is 0 Å². The molecule has 1 saturated heterocycles. The zero-order valence-corrected chi connectivity index (χ0v) is 9.18. The van der Waals surface area contributed by atoms with Gasteiger partial charge in [-0.1, -0.05) is 0 Å². The van der Waals surface area contributed by atoms with Crippen LogP contribution in [0.1, 0.15) is 29.3 Å². The van der Waals surface area contributed by atoms with Crippen LogP contribution in [-0.2, 0) is 0 Å². The molecule has 1 aromatic heterocycles. The van der Waals surface area contributed by atoms with Crippen LogP contribution in [0.4, 0.5) is 0 Å². The molecular formula is C11H14N2S. The third kappa shape index (κ3) is 1.68. The molecule has 2 heterocycles. The highest BCUT2D eigenvalue weighted by Gasteiger charge is 2.24. The molecule has 14 heavy (non-hydrogen) atoms. The zero-order chi connectivity index (χ0) is 9.97. The molecule has 1 aliphatic rings. The van der Waals surface area contributed by atoms with Crippen molar-refractivity contribution >= 4 is 11.3 Å². The molecular weight excluding hydrogens is 192 g/mol. The molecule has 2 rings (SSSR count). The van der Waals surface area contributed by atoms with Gasteiger partial charge in [0.2, 0.25) is 0 Å². The van der Waals surface area contributed by atoms with Crippen molar-refractivity contribution < 1.29 is 0 Å². The Bertz CT molecular complexity index is 344. The van der Waals surface area contributed by atoms with Crippen molar-refractivity contribution in [2.24, 2.45) is 0 Å². The summed E-state index contributed by atoms with van der Waals surface area (Å²) in [6.07, 6.45) is 2.48. The number of rotatable bonds is 2. The molecule has 1 unspecified atom stereocenters. The number of aryl methyl sites for hydroxylation is 1. The lowest BCUT2D eigenvalue weighted by Gasteiger charge is -2.20. The van der Waals surface area contributed by atoms with Crippen molar-refractivity contribution in [2.45, 2.75) is 25.8 Å². The van der Waals surface area contributed by atoms with Gasteiger partial charge >= 0.3 is 0 Å². The van der Waals surface area contributed by atoms with Crippen LogP contribution in [0.2, 0.25) is 0 Å². The second-order valence-corrected chi connectivity index (χ2v) is 4.69. The molecule has 3 heteroatoms. The van der Waals surface area contributed by atoms with Gasteiger partial charge in [-0.3, -0.25) is 4.90 Å². The normalized spacial score (nSPS) is 19.4. The van der Waals surface area contributed by atoms with Crippen molar-refractivity contribution in [2.75, 3.05) is 13.1 Å². The molecule has 0 spiro atoms. The molecule has 0 N–H and O–H groups in total. The fourth-order valence-electron chi connectivity index (χ4n) is 1.97. The maximum atomic E-state index is 9.20. The Labute approximate surface area is 88.8 Å². The van der Waals surface area contributed by atoms with E-state index in [9.17, 15) is 5.26 Å². The minimum atomic E-state index is -0.00231. The molecule has 0 saturated carbocycles. The number of thiophene rings is 1. The summed E-state index contributed by atoms with van der Waals surface area (Å²) in [6, 6.07) is 4.52. The number of nitrogens with zero attached hydrogens (tertiary/aromatic N) is 2. The highest BCUT2D eigenvalue weighted by atomic mass is 32.1. The summed E-state index contributed by atoms with van der Waals surface area (Å²) in [4.78, 5) is 3.52. The minimum absolute atomic E-state index is 0.00231. The Balaban J connectivity index is 2.22. The molecule has 0 aliphatic carbocycles. The first-order valence-electron chi connectivity index (χ1n) is 5.00. The molecule has 0 radical (unpaired) electrons. The Hall–Kier alpha value is -0.850. The maximum Gasteiger partial charge on any atom is 0.133 e.